The molecule has 0 aromatic rings. The summed E-state index contributed by atoms with van der Waals surface area (Å²) in [5.74, 6) is 0.0562. The highest BCUT2D eigenvalue weighted by Crippen LogP contribution is 2.00. The Bertz CT molecular complexity index is 240. The normalized spacial score (nSPS) is 14.1. The number of hydrogen-bond donors (Lipinski definition) is 1. The summed E-state index contributed by atoms with van der Waals surface area (Å²) in [4.78, 5) is 0. The van der Waals surface area contributed by atoms with Gasteiger partial charge in [0.05, 0.1) is 18.5 Å². The monoisotopic (exact) mass is 239 g/mol. The van der Waals surface area contributed by atoms with Crippen LogP contribution in [0.15, 0.2) is 0 Å². The minimum Gasteiger partial charge on any atom is -0.382 e. The van der Waals surface area contributed by atoms with Crippen LogP contribution in [0.1, 0.15) is 26.2 Å². The molecule has 0 spiro atoms. The Kier molecular flexibility index (Phi) is 7.95. The van der Waals surface area contributed by atoms with Crippen molar-refractivity contribution in [2.75, 3.05) is 26.1 Å². The lowest BCUT2D eigenvalue weighted by atomic mass is 10.3. The summed E-state index contributed by atoms with van der Waals surface area (Å²) in [5, 5.41) is 4.86. The third-order valence-electron chi connectivity index (χ3n) is 1.88. The Labute approximate surface area is 92.0 Å². The van der Waals surface area contributed by atoms with Crippen molar-refractivity contribution in [3.8, 4) is 0 Å². The number of unbranched alkanes of at least 4 members (excludes halogenated alkanes) is 2. The Morgan fingerprint density at radius 2 is 1.93 bits per heavy atom. The number of rotatable bonds is 9. The number of nitrogens with two attached hydrogens (primary N) is 1. The summed E-state index contributed by atoms with van der Waals surface area (Å²) in [6.07, 6.45) is 2.36. The lowest BCUT2D eigenvalue weighted by Crippen LogP contribution is -2.17. The molecule has 15 heavy (non-hydrogen) atoms. The first-order valence-corrected chi connectivity index (χ1v) is 6.78. The Morgan fingerprint density at radius 1 is 1.27 bits per heavy atom. The fraction of sp³-hybridized carbons (Fsp3) is 1.00. The fourth-order valence-electron chi connectivity index (χ4n) is 1.15. The van der Waals surface area contributed by atoms with Crippen molar-refractivity contribution in [3.63, 3.8) is 0 Å². The van der Waals surface area contributed by atoms with Gasteiger partial charge in [-0.25, -0.2) is 13.6 Å². The summed E-state index contributed by atoms with van der Waals surface area (Å²) in [6.45, 7) is 3.15. The first kappa shape index (κ1) is 14.8. The first-order chi connectivity index (χ1) is 6.95. The molecule has 0 aromatic heterocycles. The largest absolute Gasteiger partial charge is 0.382 e. The van der Waals surface area contributed by atoms with E-state index in [4.69, 9.17) is 14.6 Å². The molecule has 0 bridgehead atoms. The molecule has 0 saturated heterocycles. The molecule has 0 aliphatic rings. The van der Waals surface area contributed by atoms with E-state index >= 15 is 0 Å². The van der Waals surface area contributed by atoms with Crippen LogP contribution in [0.5, 0.6) is 0 Å². The van der Waals surface area contributed by atoms with Crippen LogP contribution in [-0.4, -0.2) is 40.6 Å². The second kappa shape index (κ2) is 8.04. The zero-order chi connectivity index (χ0) is 11.7. The highest BCUT2D eigenvalue weighted by molar-refractivity contribution is 7.89. The van der Waals surface area contributed by atoms with Crippen molar-refractivity contribution in [3.05, 3.63) is 0 Å². The van der Waals surface area contributed by atoms with E-state index in [2.05, 4.69) is 0 Å². The zero-order valence-corrected chi connectivity index (χ0v) is 10.3. The van der Waals surface area contributed by atoms with Crippen molar-refractivity contribution < 1.29 is 17.9 Å². The quantitative estimate of drug-likeness (QED) is 0.594. The van der Waals surface area contributed by atoms with Crippen LogP contribution >= 0.6 is 0 Å². The lowest BCUT2D eigenvalue weighted by Gasteiger charge is -2.11. The van der Waals surface area contributed by atoms with Crippen molar-refractivity contribution >= 4 is 10.0 Å². The molecule has 0 aromatic carbocycles. The van der Waals surface area contributed by atoms with Crippen LogP contribution in [0.25, 0.3) is 0 Å². The molecule has 1 atom stereocenters. The number of methoxy groups -OCH3 is 1. The molecule has 0 radical (unpaired) electrons. The van der Waals surface area contributed by atoms with Crippen molar-refractivity contribution in [2.24, 2.45) is 5.14 Å². The second-order valence-corrected chi connectivity index (χ2v) is 5.30. The van der Waals surface area contributed by atoms with Crippen LogP contribution < -0.4 is 5.14 Å². The fourth-order valence-corrected chi connectivity index (χ4v) is 1.76. The molecule has 0 aliphatic heterocycles. The van der Waals surface area contributed by atoms with E-state index in [0.29, 0.717) is 19.6 Å². The summed E-state index contributed by atoms with van der Waals surface area (Å²) in [5.41, 5.74) is 0. The summed E-state index contributed by atoms with van der Waals surface area (Å²) < 4.78 is 31.5. The molecule has 0 heterocycles. The maximum absolute atomic E-state index is 10.6. The molecule has 0 rings (SSSR count). The van der Waals surface area contributed by atoms with Gasteiger partial charge in [-0.15, -0.1) is 0 Å². The predicted octanol–water partition coefficient (Wildman–Crippen LogP) is 0.497. The minimum atomic E-state index is -3.30. The van der Waals surface area contributed by atoms with Gasteiger partial charge < -0.3 is 9.47 Å². The van der Waals surface area contributed by atoms with Gasteiger partial charge in [0.25, 0.3) is 0 Å². The van der Waals surface area contributed by atoms with E-state index in [-0.39, 0.29) is 11.9 Å². The number of ether oxygens (including phenoxy) is 2. The van der Waals surface area contributed by atoms with Gasteiger partial charge in [-0.2, -0.15) is 0 Å². The molecule has 6 heteroatoms. The molecule has 0 amide bonds. The molecule has 1 unspecified atom stereocenters. The van der Waals surface area contributed by atoms with Gasteiger partial charge in [0.2, 0.25) is 10.0 Å². The third kappa shape index (κ3) is 11.8. The van der Waals surface area contributed by atoms with E-state index < -0.39 is 10.0 Å². The van der Waals surface area contributed by atoms with Gasteiger partial charge in [0.1, 0.15) is 0 Å². The molecule has 2 N–H and O–H groups in total. The molecular formula is C9H21NO4S. The SMILES string of the molecule is COCC(C)OCCCCCS(N)(=O)=O. The highest BCUT2D eigenvalue weighted by atomic mass is 32.2. The third-order valence-corrected chi connectivity index (χ3v) is 2.73. The topological polar surface area (TPSA) is 78.6 Å². The van der Waals surface area contributed by atoms with Crippen LogP contribution in [0.2, 0.25) is 0 Å². The number of primary sulfonamides is 1. The number of sulfonamides is 1. The van der Waals surface area contributed by atoms with Crippen LogP contribution in [0.4, 0.5) is 0 Å². The molecule has 5 nitrogen and oxygen atoms in total. The van der Waals surface area contributed by atoms with E-state index in [1.165, 1.54) is 0 Å². The molecular weight excluding hydrogens is 218 g/mol. The van der Waals surface area contributed by atoms with Crippen molar-refractivity contribution in [1.29, 1.82) is 0 Å². The standard InChI is InChI=1S/C9H21NO4S/c1-9(8-13-2)14-6-4-3-5-7-15(10,11)12/h9H,3-8H2,1-2H3,(H2,10,11,12). The van der Waals surface area contributed by atoms with Gasteiger partial charge in [-0.05, 0) is 19.8 Å². The summed E-state index contributed by atoms with van der Waals surface area (Å²) >= 11 is 0. The summed E-state index contributed by atoms with van der Waals surface area (Å²) in [6, 6.07) is 0. The van der Waals surface area contributed by atoms with Crippen LogP contribution in [0.3, 0.4) is 0 Å². The van der Waals surface area contributed by atoms with E-state index in [0.717, 1.165) is 12.8 Å². The van der Waals surface area contributed by atoms with Gasteiger partial charge in [-0.1, -0.05) is 6.42 Å². The maximum atomic E-state index is 10.6. The zero-order valence-electron chi connectivity index (χ0n) is 9.44. The van der Waals surface area contributed by atoms with E-state index in [1.54, 1.807) is 7.11 Å². The van der Waals surface area contributed by atoms with E-state index in [1.807, 2.05) is 6.92 Å². The molecule has 0 aliphatic carbocycles. The Balaban J connectivity index is 3.25. The van der Waals surface area contributed by atoms with Gasteiger partial charge in [0.15, 0.2) is 0 Å². The predicted molar refractivity (Wildman–Crippen MR) is 59.1 cm³/mol. The maximum Gasteiger partial charge on any atom is 0.209 e. The second-order valence-electron chi connectivity index (χ2n) is 3.56. The van der Waals surface area contributed by atoms with Crippen molar-refractivity contribution in [1.82, 2.24) is 0 Å². The van der Waals surface area contributed by atoms with Gasteiger partial charge in [-0.3, -0.25) is 0 Å². The molecule has 92 valence electrons. The number of hydrogen-bond acceptors (Lipinski definition) is 4. The average Bonchev–Trinajstić information content (AvgIpc) is 2.09. The van der Waals surface area contributed by atoms with Crippen molar-refractivity contribution in [2.45, 2.75) is 32.3 Å². The van der Waals surface area contributed by atoms with Gasteiger partial charge >= 0.3 is 0 Å². The van der Waals surface area contributed by atoms with Crippen LogP contribution in [-0.2, 0) is 19.5 Å². The van der Waals surface area contributed by atoms with Gasteiger partial charge in [0, 0.05) is 13.7 Å². The smallest absolute Gasteiger partial charge is 0.209 e. The summed E-state index contributed by atoms with van der Waals surface area (Å²) in [7, 11) is -1.67. The highest BCUT2D eigenvalue weighted by Gasteiger charge is 2.03. The molecule has 0 saturated carbocycles. The minimum absolute atomic E-state index is 0.0562. The average molecular weight is 239 g/mol. The van der Waals surface area contributed by atoms with Crippen LogP contribution in [0, 0.1) is 0 Å². The Hall–Kier alpha value is -0.170. The lowest BCUT2D eigenvalue weighted by molar-refractivity contribution is 0.00776. The Morgan fingerprint density at radius 3 is 2.47 bits per heavy atom. The first-order valence-electron chi connectivity index (χ1n) is 5.06. The molecule has 0 fully saturated rings. The van der Waals surface area contributed by atoms with E-state index in [9.17, 15) is 8.42 Å².